The van der Waals surface area contributed by atoms with E-state index < -0.39 is 0 Å². The van der Waals surface area contributed by atoms with E-state index in [0.717, 1.165) is 31.5 Å². The second-order valence-corrected chi connectivity index (χ2v) is 8.29. The topological polar surface area (TPSA) is 23.6 Å². The summed E-state index contributed by atoms with van der Waals surface area (Å²) in [5, 5.41) is 0. The van der Waals surface area contributed by atoms with Gasteiger partial charge in [-0.1, -0.05) is 61.9 Å². The number of carbonyl (C=O) groups is 1. The Morgan fingerprint density at radius 1 is 0.964 bits per heavy atom. The third-order valence-corrected chi connectivity index (χ3v) is 6.57. The van der Waals surface area contributed by atoms with Gasteiger partial charge in [0, 0.05) is 36.8 Å². The third-order valence-electron chi connectivity index (χ3n) is 6.57. The molecule has 2 aromatic rings. The van der Waals surface area contributed by atoms with Crippen LogP contribution in [0.2, 0.25) is 0 Å². The molecule has 2 heterocycles. The van der Waals surface area contributed by atoms with Crippen LogP contribution in [-0.2, 0) is 11.2 Å². The normalized spacial score (nSPS) is 24.7. The number of fused-ring (bicyclic) bond motifs is 2. The minimum absolute atomic E-state index is 0.256. The standard InChI is InChI=1S/C25H32N2O/c1-2-25(28)27(21-12-7-4-8-13-21)24-18-22-14-9-15-23(19-24)26(22)17-16-20-10-5-3-6-11-20/h3-8,10-13,22-24H,2,9,14-19H2,1H3/t22-,23+,24?. The van der Waals surface area contributed by atoms with Crippen molar-refractivity contribution in [3.05, 3.63) is 66.2 Å². The fraction of sp³-hybridized carbons (Fsp3) is 0.480. The van der Waals surface area contributed by atoms with Crippen LogP contribution in [0.15, 0.2) is 60.7 Å². The highest BCUT2D eigenvalue weighted by Crippen LogP contribution is 2.37. The number of amides is 1. The Kier molecular flexibility index (Phi) is 6.11. The predicted molar refractivity (Wildman–Crippen MR) is 116 cm³/mol. The fourth-order valence-electron chi connectivity index (χ4n) is 5.25. The van der Waals surface area contributed by atoms with Crippen molar-refractivity contribution >= 4 is 11.6 Å². The Bertz CT molecular complexity index is 747. The van der Waals surface area contributed by atoms with E-state index in [1.54, 1.807) is 0 Å². The second kappa shape index (κ2) is 8.91. The summed E-state index contributed by atoms with van der Waals surface area (Å²) in [5.74, 6) is 0.256. The number of carbonyl (C=O) groups excluding carboxylic acids is 1. The maximum Gasteiger partial charge on any atom is 0.226 e. The summed E-state index contributed by atoms with van der Waals surface area (Å²) < 4.78 is 0. The number of rotatable bonds is 6. The van der Waals surface area contributed by atoms with Gasteiger partial charge in [0.1, 0.15) is 0 Å². The molecule has 3 nitrogen and oxygen atoms in total. The summed E-state index contributed by atoms with van der Waals surface area (Å²) >= 11 is 0. The molecular formula is C25H32N2O. The average Bonchev–Trinajstić information content (AvgIpc) is 2.73. The summed E-state index contributed by atoms with van der Waals surface area (Å²) in [5.41, 5.74) is 2.49. The molecule has 2 bridgehead atoms. The van der Waals surface area contributed by atoms with Gasteiger partial charge in [-0.2, -0.15) is 0 Å². The van der Waals surface area contributed by atoms with Crippen LogP contribution in [0.4, 0.5) is 5.69 Å². The molecule has 0 N–H and O–H groups in total. The molecule has 0 radical (unpaired) electrons. The van der Waals surface area contributed by atoms with Crippen molar-refractivity contribution in [2.45, 2.75) is 70.0 Å². The lowest BCUT2D eigenvalue weighted by molar-refractivity contribution is -0.119. The zero-order valence-corrected chi connectivity index (χ0v) is 17.0. The first-order chi connectivity index (χ1) is 13.8. The monoisotopic (exact) mass is 376 g/mol. The molecule has 2 aromatic carbocycles. The molecule has 1 unspecified atom stereocenters. The molecule has 28 heavy (non-hydrogen) atoms. The van der Waals surface area contributed by atoms with Crippen molar-refractivity contribution in [2.75, 3.05) is 11.4 Å². The van der Waals surface area contributed by atoms with Crippen molar-refractivity contribution in [2.24, 2.45) is 0 Å². The molecule has 2 fully saturated rings. The minimum Gasteiger partial charge on any atom is -0.309 e. The number of hydrogen-bond donors (Lipinski definition) is 0. The largest absolute Gasteiger partial charge is 0.309 e. The minimum atomic E-state index is 0.256. The number of anilines is 1. The molecule has 0 aromatic heterocycles. The fourth-order valence-corrected chi connectivity index (χ4v) is 5.25. The van der Waals surface area contributed by atoms with Crippen LogP contribution in [0.1, 0.15) is 51.0 Å². The lowest BCUT2D eigenvalue weighted by Crippen LogP contribution is -2.58. The number of nitrogens with zero attached hydrogens (tertiary/aromatic N) is 2. The quantitative estimate of drug-likeness (QED) is 0.704. The van der Waals surface area contributed by atoms with Crippen molar-refractivity contribution in [1.82, 2.24) is 4.90 Å². The first-order valence-electron chi connectivity index (χ1n) is 10.9. The molecule has 2 aliphatic heterocycles. The first-order valence-corrected chi connectivity index (χ1v) is 10.9. The van der Waals surface area contributed by atoms with Crippen LogP contribution in [0.3, 0.4) is 0 Å². The van der Waals surface area contributed by atoms with Gasteiger partial charge in [0.25, 0.3) is 0 Å². The van der Waals surface area contributed by atoms with Crippen molar-refractivity contribution in [3.63, 3.8) is 0 Å². The zero-order valence-electron chi connectivity index (χ0n) is 17.0. The van der Waals surface area contributed by atoms with Gasteiger partial charge in [-0.25, -0.2) is 0 Å². The predicted octanol–water partition coefficient (Wildman–Crippen LogP) is 5.06. The number of para-hydroxylation sites is 1. The van der Waals surface area contributed by atoms with E-state index in [9.17, 15) is 4.79 Å². The van der Waals surface area contributed by atoms with Crippen LogP contribution in [-0.4, -0.2) is 35.5 Å². The summed E-state index contributed by atoms with van der Waals surface area (Å²) in [6.07, 6.45) is 7.76. The summed E-state index contributed by atoms with van der Waals surface area (Å²) in [4.78, 5) is 17.7. The zero-order chi connectivity index (χ0) is 19.3. The summed E-state index contributed by atoms with van der Waals surface area (Å²) in [7, 11) is 0. The van der Waals surface area contributed by atoms with Gasteiger partial charge >= 0.3 is 0 Å². The lowest BCUT2D eigenvalue weighted by Gasteiger charge is -2.51. The summed E-state index contributed by atoms with van der Waals surface area (Å²) in [6.45, 7) is 3.12. The molecule has 3 atom stereocenters. The van der Waals surface area contributed by atoms with E-state index in [-0.39, 0.29) is 5.91 Å². The molecule has 4 rings (SSSR count). The molecule has 3 heteroatoms. The summed E-state index contributed by atoms with van der Waals surface area (Å²) in [6, 6.07) is 22.7. The van der Waals surface area contributed by atoms with Gasteiger partial charge < -0.3 is 4.90 Å². The Morgan fingerprint density at radius 3 is 2.18 bits per heavy atom. The first kappa shape index (κ1) is 19.2. The molecule has 2 aliphatic rings. The Morgan fingerprint density at radius 2 is 1.57 bits per heavy atom. The molecule has 2 saturated heterocycles. The Labute approximate surface area is 169 Å². The molecule has 148 valence electrons. The molecule has 1 amide bonds. The van der Waals surface area contributed by atoms with Gasteiger partial charge in [0.05, 0.1) is 0 Å². The maximum absolute atomic E-state index is 12.8. The molecule has 0 spiro atoms. The van der Waals surface area contributed by atoms with Crippen LogP contribution in [0.5, 0.6) is 0 Å². The smallest absolute Gasteiger partial charge is 0.226 e. The van der Waals surface area contributed by atoms with E-state index >= 15 is 0 Å². The van der Waals surface area contributed by atoms with Crippen molar-refractivity contribution in [1.29, 1.82) is 0 Å². The Hall–Kier alpha value is -2.13. The van der Waals surface area contributed by atoms with E-state index in [1.165, 1.54) is 24.8 Å². The van der Waals surface area contributed by atoms with Crippen LogP contribution in [0.25, 0.3) is 0 Å². The third kappa shape index (κ3) is 4.15. The Balaban J connectivity index is 1.49. The van der Waals surface area contributed by atoms with E-state index in [1.807, 2.05) is 25.1 Å². The van der Waals surface area contributed by atoms with Gasteiger partial charge in [0.2, 0.25) is 5.91 Å². The highest BCUT2D eigenvalue weighted by atomic mass is 16.2. The van der Waals surface area contributed by atoms with Crippen molar-refractivity contribution < 1.29 is 4.79 Å². The second-order valence-electron chi connectivity index (χ2n) is 8.29. The van der Waals surface area contributed by atoms with Gasteiger partial charge in [-0.3, -0.25) is 9.69 Å². The van der Waals surface area contributed by atoms with Gasteiger partial charge in [0.15, 0.2) is 0 Å². The lowest BCUT2D eigenvalue weighted by atomic mass is 9.80. The van der Waals surface area contributed by atoms with E-state index in [0.29, 0.717) is 24.5 Å². The van der Waals surface area contributed by atoms with Gasteiger partial charge in [-0.15, -0.1) is 0 Å². The van der Waals surface area contributed by atoms with Crippen LogP contribution in [0, 0.1) is 0 Å². The number of benzene rings is 2. The molecule has 0 saturated carbocycles. The maximum atomic E-state index is 12.8. The SMILES string of the molecule is CCC(=O)N(c1ccccc1)C1C[C@H]2CCC[C@@H](C1)N2CCc1ccccc1. The number of piperidine rings is 2. The van der Waals surface area contributed by atoms with Gasteiger partial charge in [-0.05, 0) is 49.8 Å². The highest BCUT2D eigenvalue weighted by Gasteiger charge is 2.41. The highest BCUT2D eigenvalue weighted by molar-refractivity contribution is 5.93. The molecule has 0 aliphatic carbocycles. The van der Waals surface area contributed by atoms with Crippen molar-refractivity contribution in [3.8, 4) is 0 Å². The van der Waals surface area contributed by atoms with Crippen LogP contribution >= 0.6 is 0 Å². The number of hydrogen-bond acceptors (Lipinski definition) is 2. The van der Waals surface area contributed by atoms with Crippen LogP contribution < -0.4 is 4.90 Å². The molecular weight excluding hydrogens is 344 g/mol. The van der Waals surface area contributed by atoms with E-state index in [2.05, 4.69) is 52.3 Å². The van der Waals surface area contributed by atoms with E-state index in [4.69, 9.17) is 0 Å². The average molecular weight is 377 g/mol.